The number of sulfonamides is 1. The van der Waals surface area contributed by atoms with Crippen molar-refractivity contribution in [1.29, 1.82) is 0 Å². The number of aromatic nitrogens is 4. The molecular formula is C22H27F2N7O2S. The third-order valence-electron chi connectivity index (χ3n) is 6.59. The number of piperazine rings is 1. The lowest BCUT2D eigenvalue weighted by atomic mass is 10.0. The molecule has 1 aliphatic heterocycles. The van der Waals surface area contributed by atoms with E-state index >= 15 is 0 Å². The summed E-state index contributed by atoms with van der Waals surface area (Å²) in [6, 6.07) is 5.23. The minimum atomic E-state index is -3.31. The smallest absolute Gasteiger partial charge is 0.265 e. The van der Waals surface area contributed by atoms with Gasteiger partial charge in [-0.3, -0.25) is 9.30 Å². The second-order valence-corrected chi connectivity index (χ2v) is 10.8. The van der Waals surface area contributed by atoms with Crippen LogP contribution < -0.4 is 9.62 Å². The van der Waals surface area contributed by atoms with Crippen LogP contribution in [0.5, 0.6) is 0 Å². The van der Waals surface area contributed by atoms with Crippen LogP contribution in [0.4, 0.5) is 14.6 Å². The molecule has 182 valence electrons. The monoisotopic (exact) mass is 491 g/mol. The normalized spacial score (nSPS) is 22.1. The van der Waals surface area contributed by atoms with Crippen LogP contribution in [-0.4, -0.2) is 76.7 Å². The summed E-state index contributed by atoms with van der Waals surface area (Å²) in [6.45, 7) is 3.95. The average Bonchev–Trinajstić information content (AvgIpc) is 3.55. The van der Waals surface area contributed by atoms with Crippen molar-refractivity contribution in [3.05, 3.63) is 42.4 Å². The van der Waals surface area contributed by atoms with Crippen LogP contribution in [0.3, 0.4) is 0 Å². The van der Waals surface area contributed by atoms with E-state index in [1.165, 1.54) is 18.5 Å². The van der Waals surface area contributed by atoms with E-state index in [-0.39, 0.29) is 17.6 Å². The van der Waals surface area contributed by atoms with Gasteiger partial charge in [-0.2, -0.15) is 0 Å². The quantitative estimate of drug-likeness (QED) is 0.542. The van der Waals surface area contributed by atoms with Crippen LogP contribution >= 0.6 is 0 Å². The van der Waals surface area contributed by atoms with E-state index in [0.29, 0.717) is 35.6 Å². The van der Waals surface area contributed by atoms with Gasteiger partial charge in [0.25, 0.3) is 6.43 Å². The van der Waals surface area contributed by atoms with E-state index in [1.54, 1.807) is 22.9 Å². The lowest BCUT2D eigenvalue weighted by Crippen LogP contribution is -2.62. The molecule has 5 rings (SSSR count). The van der Waals surface area contributed by atoms with Gasteiger partial charge >= 0.3 is 0 Å². The number of nitrogens with zero attached hydrogens (tertiary/aromatic N) is 6. The second-order valence-electron chi connectivity index (χ2n) is 8.96. The largest absolute Gasteiger partial charge is 0.351 e. The number of alkyl halides is 2. The minimum Gasteiger partial charge on any atom is -0.351 e. The van der Waals surface area contributed by atoms with Crippen molar-refractivity contribution < 1.29 is 17.2 Å². The van der Waals surface area contributed by atoms with Crippen molar-refractivity contribution >= 4 is 21.5 Å². The van der Waals surface area contributed by atoms with Crippen LogP contribution in [-0.2, 0) is 10.0 Å². The summed E-state index contributed by atoms with van der Waals surface area (Å²) < 4.78 is 54.2. The van der Waals surface area contributed by atoms with Gasteiger partial charge in [0.2, 0.25) is 10.0 Å². The number of anilines is 1. The van der Waals surface area contributed by atoms with Gasteiger partial charge < -0.3 is 4.90 Å². The minimum absolute atomic E-state index is 0.000953. The number of hydrogen-bond acceptors (Lipinski definition) is 7. The lowest BCUT2D eigenvalue weighted by molar-refractivity contribution is 0.138. The highest BCUT2D eigenvalue weighted by molar-refractivity contribution is 7.88. The van der Waals surface area contributed by atoms with E-state index in [2.05, 4.69) is 31.4 Å². The molecule has 1 aliphatic carbocycles. The predicted molar refractivity (Wildman–Crippen MR) is 124 cm³/mol. The molecule has 0 bridgehead atoms. The Balaban J connectivity index is 1.45. The molecule has 1 saturated heterocycles. The van der Waals surface area contributed by atoms with Crippen molar-refractivity contribution in [1.82, 2.24) is 29.0 Å². The number of pyridine rings is 1. The molecule has 3 aromatic heterocycles. The third kappa shape index (κ3) is 4.62. The van der Waals surface area contributed by atoms with Crippen LogP contribution in [0.25, 0.3) is 17.2 Å². The molecule has 0 aromatic carbocycles. The highest BCUT2D eigenvalue weighted by Gasteiger charge is 2.41. The molecule has 3 aromatic rings. The van der Waals surface area contributed by atoms with Gasteiger partial charge in [0.05, 0.1) is 12.5 Å². The van der Waals surface area contributed by atoms with Crippen molar-refractivity contribution in [2.75, 3.05) is 30.8 Å². The average molecular weight is 492 g/mol. The van der Waals surface area contributed by atoms with Crippen molar-refractivity contribution in [3.8, 4) is 11.5 Å². The van der Waals surface area contributed by atoms with Crippen LogP contribution in [0.1, 0.15) is 31.8 Å². The molecule has 4 heterocycles. The molecular weight excluding hydrogens is 464 g/mol. The molecule has 1 N–H and O–H groups in total. The molecule has 2 aliphatic rings. The van der Waals surface area contributed by atoms with Crippen molar-refractivity contribution in [2.45, 2.75) is 44.3 Å². The number of imidazole rings is 1. The van der Waals surface area contributed by atoms with Gasteiger partial charge in [-0.1, -0.05) is 0 Å². The number of hydrogen-bond donors (Lipinski definition) is 1. The maximum Gasteiger partial charge on any atom is 0.265 e. The van der Waals surface area contributed by atoms with Gasteiger partial charge in [-0.05, 0) is 38.0 Å². The Morgan fingerprint density at radius 2 is 1.97 bits per heavy atom. The Labute approximate surface area is 196 Å². The Morgan fingerprint density at radius 3 is 2.68 bits per heavy atom. The van der Waals surface area contributed by atoms with E-state index in [1.807, 2.05) is 6.07 Å². The zero-order valence-electron chi connectivity index (χ0n) is 19.0. The zero-order valence-corrected chi connectivity index (χ0v) is 19.8. The topological polar surface area (TPSA) is 95.7 Å². The van der Waals surface area contributed by atoms with E-state index in [0.717, 1.165) is 25.9 Å². The summed E-state index contributed by atoms with van der Waals surface area (Å²) in [5.41, 5.74) is 0.958. The maximum absolute atomic E-state index is 13.2. The Morgan fingerprint density at radius 1 is 1.18 bits per heavy atom. The fraction of sp³-hybridized carbons (Fsp3) is 0.500. The van der Waals surface area contributed by atoms with Gasteiger partial charge in [-0.15, -0.1) is 0 Å². The number of rotatable bonds is 7. The molecule has 2 fully saturated rings. The molecule has 0 spiro atoms. The van der Waals surface area contributed by atoms with Crippen molar-refractivity contribution in [3.63, 3.8) is 0 Å². The van der Waals surface area contributed by atoms with Gasteiger partial charge in [0, 0.05) is 55.7 Å². The number of fused-ring (bicyclic) bond motifs is 1. The highest BCUT2D eigenvalue weighted by Crippen LogP contribution is 2.34. The first-order chi connectivity index (χ1) is 16.2. The molecule has 12 heteroatoms. The fourth-order valence-electron chi connectivity index (χ4n) is 4.71. The van der Waals surface area contributed by atoms with Crippen LogP contribution in [0.15, 0.2) is 36.8 Å². The SMILES string of the molecule is C[C@H]1[C@@H](CNS(C)(=O)=O)N(C2CC2)CCN1c1ccnc(-c2cnc3ccc(C(F)F)cn23)n1. The summed E-state index contributed by atoms with van der Waals surface area (Å²) in [6.07, 6.45) is 5.44. The predicted octanol–water partition coefficient (Wildman–Crippen LogP) is 2.32. The standard InChI is InChI=1S/C22H27F2N7O2S/c1-14-17(12-27-34(2,32)33)30(16-4-5-16)10-9-29(14)20-7-8-25-22(28-20)18-11-26-19-6-3-15(21(23)24)13-31(18)19/h3,6-8,11,13-14,16-17,21,27H,4-5,9-10,12H2,1-2H3/t14-,17+/m0/s1. The van der Waals surface area contributed by atoms with Gasteiger partial charge in [0.15, 0.2) is 5.82 Å². The van der Waals surface area contributed by atoms with Gasteiger partial charge in [-0.25, -0.2) is 36.9 Å². The van der Waals surface area contributed by atoms with Gasteiger partial charge in [0.1, 0.15) is 17.2 Å². The molecule has 1 saturated carbocycles. The van der Waals surface area contributed by atoms with Crippen LogP contribution in [0, 0.1) is 0 Å². The molecule has 34 heavy (non-hydrogen) atoms. The summed E-state index contributed by atoms with van der Waals surface area (Å²) in [5.74, 6) is 1.09. The first-order valence-electron chi connectivity index (χ1n) is 11.3. The Bertz CT molecular complexity index is 1300. The second kappa shape index (κ2) is 8.82. The molecule has 9 nitrogen and oxygen atoms in total. The first-order valence-corrected chi connectivity index (χ1v) is 13.2. The number of nitrogens with one attached hydrogen (secondary N) is 1. The maximum atomic E-state index is 13.2. The van der Waals surface area contributed by atoms with E-state index in [9.17, 15) is 17.2 Å². The molecule has 2 atom stereocenters. The van der Waals surface area contributed by atoms with Crippen LogP contribution in [0.2, 0.25) is 0 Å². The first kappa shape index (κ1) is 23.1. The number of halogens is 2. The third-order valence-corrected chi connectivity index (χ3v) is 7.28. The molecule has 0 radical (unpaired) electrons. The zero-order chi connectivity index (χ0) is 24.0. The summed E-state index contributed by atoms with van der Waals surface area (Å²) in [4.78, 5) is 18.0. The van der Waals surface area contributed by atoms with E-state index in [4.69, 9.17) is 4.98 Å². The van der Waals surface area contributed by atoms with Crippen molar-refractivity contribution in [2.24, 2.45) is 0 Å². The summed E-state index contributed by atoms with van der Waals surface area (Å²) in [5, 5.41) is 0. The Kier molecular flexibility index (Phi) is 5.98. The fourth-order valence-corrected chi connectivity index (χ4v) is 5.18. The Hall–Kier alpha value is -2.70. The molecule has 0 unspecified atom stereocenters. The van der Waals surface area contributed by atoms with E-state index < -0.39 is 16.4 Å². The molecule has 0 amide bonds. The summed E-state index contributed by atoms with van der Waals surface area (Å²) >= 11 is 0. The lowest BCUT2D eigenvalue weighted by Gasteiger charge is -2.47. The summed E-state index contributed by atoms with van der Waals surface area (Å²) in [7, 11) is -3.31. The highest BCUT2D eigenvalue weighted by atomic mass is 32.2.